The average molecular weight is 435 g/mol. The summed E-state index contributed by atoms with van der Waals surface area (Å²) < 4.78 is 32.7. The van der Waals surface area contributed by atoms with Gasteiger partial charge in [-0.05, 0) is 23.6 Å². The highest BCUT2D eigenvalue weighted by molar-refractivity contribution is 7.94. The molecule has 2 heterocycles. The quantitative estimate of drug-likeness (QED) is 0.571. The summed E-state index contributed by atoms with van der Waals surface area (Å²) >= 11 is 10.4. The molecule has 132 valence electrons. The average Bonchev–Trinajstić information content (AvgIpc) is 3.23. The van der Waals surface area contributed by atoms with Crippen molar-refractivity contribution in [2.45, 2.75) is 9.24 Å². The zero-order chi connectivity index (χ0) is 18.0. The number of hydrogen-bond donors (Lipinski definition) is 2. The molecule has 0 amide bonds. The molecule has 2 atom stereocenters. The molecular weight excluding hydrogens is 423 g/mol. The standard InChI is InChI=1S/C14H12Cl2N4O2S3/c1-20-5-4-13(17-20)24(21)18-11-7-9(15)10(16)8-12(11)19-25(22)14-3-2-6-23-14/h2-8,18-19H,1H3. The van der Waals surface area contributed by atoms with Crippen molar-refractivity contribution in [1.29, 1.82) is 0 Å². The number of halogens is 2. The molecule has 2 N–H and O–H groups in total. The maximum Gasteiger partial charge on any atom is 0.289 e. The number of benzene rings is 1. The van der Waals surface area contributed by atoms with Crippen LogP contribution in [0.15, 0.2) is 51.1 Å². The van der Waals surface area contributed by atoms with Crippen LogP contribution in [0.2, 0.25) is 10.0 Å². The molecule has 2 aromatic heterocycles. The van der Waals surface area contributed by atoms with Gasteiger partial charge in [-0.3, -0.25) is 4.68 Å². The molecule has 0 spiro atoms. The maximum atomic E-state index is 12.4. The molecule has 0 fully saturated rings. The van der Waals surface area contributed by atoms with Crippen LogP contribution >= 0.6 is 34.5 Å². The third-order valence-electron chi connectivity index (χ3n) is 3.02. The summed E-state index contributed by atoms with van der Waals surface area (Å²) in [6.45, 7) is 0. The second-order valence-electron chi connectivity index (χ2n) is 4.81. The van der Waals surface area contributed by atoms with E-state index in [2.05, 4.69) is 14.5 Å². The Morgan fingerprint density at radius 3 is 2.24 bits per heavy atom. The van der Waals surface area contributed by atoms with Crippen LogP contribution in [-0.2, 0) is 29.8 Å². The lowest BCUT2D eigenvalue weighted by atomic mass is 10.3. The molecule has 2 unspecified atom stereocenters. The van der Waals surface area contributed by atoms with Gasteiger partial charge in [-0.25, -0.2) is 4.72 Å². The van der Waals surface area contributed by atoms with Gasteiger partial charge in [0, 0.05) is 25.4 Å². The van der Waals surface area contributed by atoms with Gasteiger partial charge in [-0.1, -0.05) is 34.5 Å². The van der Waals surface area contributed by atoms with Crippen molar-refractivity contribution < 1.29 is 9.11 Å². The topological polar surface area (TPSA) is 88.0 Å². The molecule has 0 bridgehead atoms. The Balaban J connectivity index is 1.85. The van der Waals surface area contributed by atoms with Crippen molar-refractivity contribution in [2.75, 3.05) is 9.44 Å². The number of aryl methyl sites for hydroxylation is 1. The third-order valence-corrected chi connectivity index (χ3v) is 7.06. The van der Waals surface area contributed by atoms with E-state index in [9.17, 15) is 9.11 Å². The molecule has 6 nitrogen and oxygen atoms in total. The fraction of sp³-hybridized carbons (Fsp3) is 0.0714. The van der Waals surface area contributed by atoms with E-state index in [4.69, 9.17) is 23.2 Å². The predicted octanol–water partition coefficient (Wildman–Crippen LogP) is 4.06. The highest BCUT2D eigenvalue weighted by Crippen LogP contribution is 2.35. The number of rotatable bonds is 6. The largest absolute Gasteiger partial charge is 0.587 e. The van der Waals surface area contributed by atoms with Gasteiger partial charge in [0.05, 0.1) is 10.0 Å². The van der Waals surface area contributed by atoms with Crippen LogP contribution in [0.4, 0.5) is 11.4 Å². The molecule has 1 aromatic carbocycles. The summed E-state index contributed by atoms with van der Waals surface area (Å²) in [5.41, 5.74) is 0.828. The number of nitrogens with zero attached hydrogens (tertiary/aromatic N) is 2. The SMILES string of the molecule is Cn1ccc([S+]([O-])Nc2cc(Cl)c(Cl)cc2N[S+]([O-])c2cccs2)n1. The maximum absolute atomic E-state index is 12.4. The molecule has 3 aromatic rings. The summed E-state index contributed by atoms with van der Waals surface area (Å²) in [6, 6.07) is 8.26. The minimum Gasteiger partial charge on any atom is -0.587 e. The van der Waals surface area contributed by atoms with Crippen molar-refractivity contribution >= 4 is 68.6 Å². The smallest absolute Gasteiger partial charge is 0.289 e. The molecule has 0 saturated carbocycles. The van der Waals surface area contributed by atoms with Crippen LogP contribution < -0.4 is 9.44 Å². The molecule has 0 aliphatic rings. The molecule has 0 aliphatic heterocycles. The summed E-state index contributed by atoms with van der Waals surface area (Å²) in [7, 11) is 1.73. The van der Waals surface area contributed by atoms with E-state index >= 15 is 0 Å². The third kappa shape index (κ3) is 4.56. The van der Waals surface area contributed by atoms with E-state index < -0.39 is 22.7 Å². The van der Waals surface area contributed by atoms with Crippen LogP contribution in [0.3, 0.4) is 0 Å². The molecule has 0 saturated heterocycles. The summed E-state index contributed by atoms with van der Waals surface area (Å²) in [5, 5.41) is 6.87. The first-order valence-corrected chi connectivity index (χ1v) is 10.8. The first kappa shape index (κ1) is 18.7. The summed E-state index contributed by atoms with van der Waals surface area (Å²) in [4.78, 5) is 0. The van der Waals surface area contributed by atoms with Crippen molar-refractivity contribution in [2.24, 2.45) is 7.05 Å². The second-order valence-corrected chi connectivity index (χ2v) is 9.17. The molecule has 0 radical (unpaired) electrons. The zero-order valence-electron chi connectivity index (χ0n) is 12.7. The Morgan fingerprint density at radius 2 is 1.72 bits per heavy atom. The molecule has 0 aliphatic carbocycles. The Hall–Kier alpha value is -1.07. The van der Waals surface area contributed by atoms with E-state index in [1.165, 1.54) is 23.5 Å². The predicted molar refractivity (Wildman–Crippen MR) is 104 cm³/mol. The van der Waals surface area contributed by atoms with Gasteiger partial charge in [0.25, 0.3) is 5.03 Å². The Kier molecular flexibility index (Phi) is 6.05. The first-order valence-electron chi connectivity index (χ1n) is 6.83. The van der Waals surface area contributed by atoms with Gasteiger partial charge in [0.15, 0.2) is 0 Å². The van der Waals surface area contributed by atoms with Crippen LogP contribution in [0, 0.1) is 0 Å². The van der Waals surface area contributed by atoms with Gasteiger partial charge in [0.1, 0.15) is 34.1 Å². The minimum atomic E-state index is -1.61. The Labute approximate surface area is 164 Å². The van der Waals surface area contributed by atoms with E-state index in [-0.39, 0.29) is 5.02 Å². The summed E-state index contributed by atoms with van der Waals surface area (Å²) in [5.74, 6) is 0. The highest BCUT2D eigenvalue weighted by atomic mass is 35.5. The normalized spacial score (nSPS) is 13.5. The van der Waals surface area contributed by atoms with Crippen LogP contribution in [-0.4, -0.2) is 18.9 Å². The van der Waals surface area contributed by atoms with E-state index in [0.29, 0.717) is 25.6 Å². The lowest BCUT2D eigenvalue weighted by molar-refractivity contribution is 0.592. The number of thiophene rings is 1. The second kappa shape index (κ2) is 8.09. The van der Waals surface area contributed by atoms with Crippen LogP contribution in [0.1, 0.15) is 0 Å². The van der Waals surface area contributed by atoms with Gasteiger partial charge < -0.3 is 9.11 Å². The van der Waals surface area contributed by atoms with Gasteiger partial charge in [0.2, 0.25) is 4.21 Å². The Morgan fingerprint density at radius 1 is 1.08 bits per heavy atom. The fourth-order valence-corrected chi connectivity index (χ4v) is 4.83. The lowest BCUT2D eigenvalue weighted by Gasteiger charge is -2.16. The number of hydrogen-bond acceptors (Lipinski definition) is 6. The highest BCUT2D eigenvalue weighted by Gasteiger charge is 2.21. The fourth-order valence-electron chi connectivity index (χ4n) is 1.88. The van der Waals surface area contributed by atoms with Gasteiger partial charge in [-0.15, -0.1) is 5.10 Å². The molecular formula is C14H12Cl2N4O2S3. The van der Waals surface area contributed by atoms with Crippen LogP contribution in [0.5, 0.6) is 0 Å². The number of nitrogens with one attached hydrogen (secondary N) is 2. The molecule has 25 heavy (non-hydrogen) atoms. The van der Waals surface area contributed by atoms with E-state index in [0.717, 1.165) is 0 Å². The van der Waals surface area contributed by atoms with Gasteiger partial charge in [-0.2, -0.15) is 4.72 Å². The molecule has 3 rings (SSSR count). The monoisotopic (exact) mass is 434 g/mol. The van der Waals surface area contributed by atoms with Gasteiger partial charge >= 0.3 is 0 Å². The minimum absolute atomic E-state index is 0.287. The van der Waals surface area contributed by atoms with Crippen molar-refractivity contribution in [3.63, 3.8) is 0 Å². The number of anilines is 2. The van der Waals surface area contributed by atoms with Crippen molar-refractivity contribution in [3.05, 3.63) is 52.0 Å². The van der Waals surface area contributed by atoms with E-state index in [1.807, 2.05) is 11.4 Å². The molecule has 11 heteroatoms. The van der Waals surface area contributed by atoms with Crippen molar-refractivity contribution in [3.8, 4) is 0 Å². The van der Waals surface area contributed by atoms with Crippen LogP contribution in [0.25, 0.3) is 0 Å². The lowest BCUT2D eigenvalue weighted by Crippen LogP contribution is -2.17. The van der Waals surface area contributed by atoms with E-state index in [1.54, 1.807) is 30.1 Å². The number of aromatic nitrogens is 2. The first-order chi connectivity index (χ1) is 11.9. The van der Waals surface area contributed by atoms with Crippen molar-refractivity contribution in [1.82, 2.24) is 9.78 Å². The zero-order valence-corrected chi connectivity index (χ0v) is 16.7. The Bertz CT molecular complexity index is 860. The summed E-state index contributed by atoms with van der Waals surface area (Å²) in [6.07, 6.45) is 1.69.